The van der Waals surface area contributed by atoms with Crippen LogP contribution < -0.4 is 0 Å². The van der Waals surface area contributed by atoms with E-state index in [1.165, 1.54) is 19.1 Å². The van der Waals surface area contributed by atoms with Gasteiger partial charge in [0.05, 0.1) is 5.69 Å². The molecule has 0 aliphatic carbocycles. The molecule has 0 radical (unpaired) electrons. The zero-order valence-electron chi connectivity index (χ0n) is 7.57. The number of rotatable bonds is 1. The topological polar surface area (TPSA) is 12.4 Å². The van der Waals surface area contributed by atoms with Gasteiger partial charge in [0.1, 0.15) is 5.82 Å². The van der Waals surface area contributed by atoms with E-state index < -0.39 is 17.2 Å². The van der Waals surface area contributed by atoms with E-state index in [2.05, 4.69) is 4.99 Å². The van der Waals surface area contributed by atoms with Crippen LogP contribution in [0.15, 0.2) is 23.2 Å². The van der Waals surface area contributed by atoms with E-state index in [9.17, 15) is 17.6 Å². The van der Waals surface area contributed by atoms with E-state index in [0.717, 1.165) is 6.07 Å². The Balaban J connectivity index is 3.04. The monoisotopic (exact) mass is 239 g/mol. The van der Waals surface area contributed by atoms with Gasteiger partial charge in [-0.2, -0.15) is 13.2 Å². The van der Waals surface area contributed by atoms with Crippen LogP contribution in [-0.4, -0.2) is 11.3 Å². The van der Waals surface area contributed by atoms with Gasteiger partial charge < -0.3 is 0 Å². The summed E-state index contributed by atoms with van der Waals surface area (Å²) in [6, 6.07) is 3.48. The highest BCUT2D eigenvalue weighted by molar-refractivity contribution is 6.67. The Morgan fingerprint density at radius 1 is 1.33 bits per heavy atom. The van der Waals surface area contributed by atoms with Gasteiger partial charge in [0.15, 0.2) is 0 Å². The molecule has 0 atom stereocenters. The summed E-state index contributed by atoms with van der Waals surface area (Å²) in [4.78, 5) is 3.05. The molecule has 1 aromatic carbocycles. The van der Waals surface area contributed by atoms with Gasteiger partial charge in [0, 0.05) is 0 Å². The Hall–Kier alpha value is -1.10. The largest absolute Gasteiger partial charge is 0.444 e. The fourth-order valence-corrected chi connectivity index (χ4v) is 0.926. The molecule has 0 spiro atoms. The minimum Gasteiger partial charge on any atom is -0.232 e. The first-order valence-corrected chi connectivity index (χ1v) is 4.26. The van der Waals surface area contributed by atoms with Crippen LogP contribution in [0.3, 0.4) is 0 Å². The van der Waals surface area contributed by atoms with Gasteiger partial charge in [-0.3, -0.25) is 0 Å². The number of aliphatic imine (C=N–C) groups is 1. The molecule has 0 saturated carbocycles. The number of aryl methyl sites for hydroxylation is 1. The second kappa shape index (κ2) is 4.18. The summed E-state index contributed by atoms with van der Waals surface area (Å²) in [7, 11) is 0. The molecule has 0 fully saturated rings. The summed E-state index contributed by atoms with van der Waals surface area (Å²) >= 11 is 4.89. The van der Waals surface area contributed by atoms with E-state index in [1.807, 2.05) is 0 Å². The molecular weight excluding hydrogens is 234 g/mol. The third-order valence-electron chi connectivity index (χ3n) is 1.62. The first-order valence-electron chi connectivity index (χ1n) is 3.88. The van der Waals surface area contributed by atoms with Crippen molar-refractivity contribution < 1.29 is 17.6 Å². The predicted octanol–water partition coefficient (Wildman–Crippen LogP) is 3.97. The quantitative estimate of drug-likeness (QED) is 0.519. The zero-order valence-corrected chi connectivity index (χ0v) is 8.33. The molecule has 0 saturated heterocycles. The highest BCUT2D eigenvalue weighted by Gasteiger charge is 2.34. The Morgan fingerprint density at radius 2 is 1.93 bits per heavy atom. The minimum atomic E-state index is -4.71. The van der Waals surface area contributed by atoms with Gasteiger partial charge in [-0.1, -0.05) is 17.7 Å². The van der Waals surface area contributed by atoms with Crippen LogP contribution in [0.2, 0.25) is 0 Å². The summed E-state index contributed by atoms with van der Waals surface area (Å²) in [5.41, 5.74) is 0.164. The van der Waals surface area contributed by atoms with Crippen LogP contribution in [0, 0.1) is 12.7 Å². The molecule has 82 valence electrons. The smallest absolute Gasteiger partial charge is 0.232 e. The van der Waals surface area contributed by atoms with Crippen molar-refractivity contribution in [1.82, 2.24) is 0 Å². The molecule has 0 aromatic heterocycles. The van der Waals surface area contributed by atoms with E-state index in [-0.39, 0.29) is 5.69 Å². The lowest BCUT2D eigenvalue weighted by Crippen LogP contribution is -2.16. The van der Waals surface area contributed by atoms with Gasteiger partial charge in [-0.05, 0) is 24.6 Å². The van der Waals surface area contributed by atoms with Crippen molar-refractivity contribution in [2.45, 2.75) is 13.1 Å². The number of halogens is 5. The molecule has 0 heterocycles. The molecular formula is C9H6ClF4N. The molecule has 6 heteroatoms. The number of alkyl halides is 3. The molecule has 0 bridgehead atoms. The van der Waals surface area contributed by atoms with E-state index in [4.69, 9.17) is 11.6 Å². The van der Waals surface area contributed by atoms with E-state index in [0.29, 0.717) is 5.56 Å². The summed E-state index contributed by atoms with van der Waals surface area (Å²) < 4.78 is 48.8. The highest BCUT2D eigenvalue weighted by atomic mass is 35.5. The molecule has 0 aliphatic heterocycles. The number of hydrogen-bond donors (Lipinski definition) is 0. The Kier molecular flexibility index (Phi) is 3.34. The van der Waals surface area contributed by atoms with E-state index in [1.54, 1.807) is 0 Å². The number of nitrogens with zero attached hydrogens (tertiary/aromatic N) is 1. The SMILES string of the molecule is Cc1ccc(N=C(Cl)C(F)(F)F)cc1F. The maximum Gasteiger partial charge on any atom is 0.444 e. The standard InChI is InChI=1S/C9H6ClF4N/c1-5-2-3-6(4-7(5)11)15-8(10)9(12,13)14/h2-4H,1H3. The first kappa shape index (κ1) is 12.0. The van der Waals surface area contributed by atoms with Crippen LogP contribution in [0.4, 0.5) is 23.2 Å². The van der Waals surface area contributed by atoms with Gasteiger partial charge in [-0.25, -0.2) is 9.38 Å². The van der Waals surface area contributed by atoms with Crippen molar-refractivity contribution in [2.24, 2.45) is 4.99 Å². The minimum absolute atomic E-state index is 0.166. The van der Waals surface area contributed by atoms with Crippen LogP contribution in [-0.2, 0) is 0 Å². The average molecular weight is 240 g/mol. The average Bonchev–Trinajstić information content (AvgIpc) is 2.10. The van der Waals surface area contributed by atoms with Crippen LogP contribution >= 0.6 is 11.6 Å². The normalized spacial score (nSPS) is 13.1. The zero-order chi connectivity index (χ0) is 11.6. The first-order chi connectivity index (χ1) is 6.80. The fraction of sp³-hybridized carbons (Fsp3) is 0.222. The molecule has 1 nitrogen and oxygen atoms in total. The van der Waals surface area contributed by atoms with Gasteiger partial charge >= 0.3 is 6.18 Å². The highest BCUT2D eigenvalue weighted by Crippen LogP contribution is 2.24. The maximum absolute atomic E-state index is 12.9. The fourth-order valence-electron chi connectivity index (χ4n) is 0.828. The van der Waals surface area contributed by atoms with Crippen LogP contribution in [0.1, 0.15) is 5.56 Å². The van der Waals surface area contributed by atoms with Crippen molar-refractivity contribution in [3.05, 3.63) is 29.6 Å². The van der Waals surface area contributed by atoms with E-state index >= 15 is 0 Å². The molecule has 0 N–H and O–H groups in total. The lowest BCUT2D eigenvalue weighted by atomic mass is 10.2. The van der Waals surface area contributed by atoms with Crippen molar-refractivity contribution in [1.29, 1.82) is 0 Å². The molecule has 1 rings (SSSR count). The molecule has 1 aromatic rings. The third-order valence-corrected chi connectivity index (χ3v) is 1.92. The predicted molar refractivity (Wildman–Crippen MR) is 50.1 cm³/mol. The lowest BCUT2D eigenvalue weighted by Gasteiger charge is -2.03. The van der Waals surface area contributed by atoms with Crippen LogP contribution in [0.5, 0.6) is 0 Å². The Morgan fingerprint density at radius 3 is 2.40 bits per heavy atom. The van der Waals surface area contributed by atoms with Crippen molar-refractivity contribution >= 4 is 22.5 Å². The summed E-state index contributed by atoms with van der Waals surface area (Å²) in [5.74, 6) is -0.622. The maximum atomic E-state index is 12.9. The summed E-state index contributed by atoms with van der Waals surface area (Å²) in [6.45, 7) is 1.49. The number of hydrogen-bond acceptors (Lipinski definition) is 1. The second-order valence-electron chi connectivity index (χ2n) is 2.83. The van der Waals surface area contributed by atoms with Crippen molar-refractivity contribution in [3.63, 3.8) is 0 Å². The summed E-state index contributed by atoms with van der Waals surface area (Å²) in [5, 5.41) is -1.52. The van der Waals surface area contributed by atoms with Crippen molar-refractivity contribution in [3.8, 4) is 0 Å². The van der Waals surface area contributed by atoms with Crippen LogP contribution in [0.25, 0.3) is 0 Å². The third kappa shape index (κ3) is 3.20. The second-order valence-corrected chi connectivity index (χ2v) is 3.19. The molecule has 0 aliphatic rings. The Bertz CT molecular complexity index is 398. The molecule has 0 unspecified atom stereocenters. The lowest BCUT2D eigenvalue weighted by molar-refractivity contribution is -0.0558. The summed E-state index contributed by atoms with van der Waals surface area (Å²) in [6.07, 6.45) is -4.71. The van der Waals surface area contributed by atoms with Gasteiger partial charge in [0.25, 0.3) is 0 Å². The Labute approximate surface area is 88.4 Å². The molecule has 15 heavy (non-hydrogen) atoms. The van der Waals surface area contributed by atoms with Gasteiger partial charge in [-0.15, -0.1) is 0 Å². The molecule has 0 amide bonds. The van der Waals surface area contributed by atoms with Gasteiger partial charge in [0.2, 0.25) is 5.17 Å². The van der Waals surface area contributed by atoms with Crippen molar-refractivity contribution in [2.75, 3.05) is 0 Å². The number of benzene rings is 1.